The molecule has 3 aromatic heterocycles. The monoisotopic (exact) mass is 442 g/mol. The summed E-state index contributed by atoms with van der Waals surface area (Å²) < 4.78 is 3.55. The predicted molar refractivity (Wildman–Crippen MR) is 119 cm³/mol. The van der Waals surface area contributed by atoms with Crippen molar-refractivity contribution in [1.29, 1.82) is 0 Å². The highest BCUT2D eigenvalue weighted by Gasteiger charge is 2.15. The zero-order valence-electron chi connectivity index (χ0n) is 16.9. The van der Waals surface area contributed by atoms with Gasteiger partial charge < -0.3 is 5.32 Å². The van der Waals surface area contributed by atoms with Gasteiger partial charge >= 0.3 is 0 Å². The number of hydrogen-bond acceptors (Lipinski definition) is 7. The summed E-state index contributed by atoms with van der Waals surface area (Å²) >= 11 is 1.51. The number of amides is 1. The minimum absolute atomic E-state index is 0.177. The normalized spacial score (nSPS) is 11.0. The largest absolute Gasteiger partial charge is 0.345 e. The average Bonchev–Trinajstić information content (AvgIpc) is 3.49. The Bertz CT molecular complexity index is 1360. The quantitative estimate of drug-likeness (QED) is 0.387. The van der Waals surface area contributed by atoms with Gasteiger partial charge in [0.1, 0.15) is 0 Å². The van der Waals surface area contributed by atoms with Crippen LogP contribution in [0, 0.1) is 0 Å². The molecule has 0 aliphatic heterocycles. The minimum atomic E-state index is -0.177. The van der Waals surface area contributed by atoms with Crippen molar-refractivity contribution in [2.45, 2.75) is 17.2 Å². The lowest BCUT2D eigenvalue weighted by Crippen LogP contribution is -2.24. The standard InChI is InChI=1S/C22H18N8OS/c31-22(23-14-20-25-24-19-12-6-7-13-29(19)20)17-10-4-5-11-18(17)32-15-21-26-27-28-30(21)16-8-2-1-3-9-16/h1-13H,14-15H2,(H,23,31). The number of tetrazole rings is 1. The second kappa shape index (κ2) is 8.98. The molecule has 0 aliphatic carbocycles. The number of nitrogens with zero attached hydrogens (tertiary/aromatic N) is 7. The molecular formula is C22H18N8OS. The first-order chi connectivity index (χ1) is 15.8. The number of nitrogens with one attached hydrogen (secondary N) is 1. The van der Waals surface area contributed by atoms with Crippen LogP contribution in [0.15, 0.2) is 83.9 Å². The number of fused-ring (bicyclic) bond motifs is 1. The minimum Gasteiger partial charge on any atom is -0.345 e. The fraction of sp³-hybridized carbons (Fsp3) is 0.0909. The average molecular weight is 443 g/mol. The van der Waals surface area contributed by atoms with Crippen molar-refractivity contribution in [3.05, 3.63) is 96.2 Å². The van der Waals surface area contributed by atoms with Gasteiger partial charge in [0.2, 0.25) is 0 Å². The van der Waals surface area contributed by atoms with Crippen LogP contribution in [0.5, 0.6) is 0 Å². The summed E-state index contributed by atoms with van der Waals surface area (Å²) in [6.45, 7) is 0.273. The van der Waals surface area contributed by atoms with E-state index >= 15 is 0 Å². The zero-order chi connectivity index (χ0) is 21.8. The number of carbonyl (C=O) groups is 1. The van der Waals surface area contributed by atoms with E-state index < -0.39 is 0 Å². The molecular weight excluding hydrogens is 424 g/mol. The lowest BCUT2D eigenvalue weighted by molar-refractivity contribution is 0.0947. The molecule has 0 unspecified atom stereocenters. The number of aromatic nitrogens is 7. The van der Waals surface area contributed by atoms with Gasteiger partial charge in [0.15, 0.2) is 17.3 Å². The molecule has 158 valence electrons. The summed E-state index contributed by atoms with van der Waals surface area (Å²) in [7, 11) is 0. The SMILES string of the molecule is O=C(NCc1nnc2ccccn12)c1ccccc1SCc1nnnn1-c1ccccc1. The second-order valence-corrected chi connectivity index (χ2v) is 7.87. The number of hydrogen-bond donors (Lipinski definition) is 1. The molecule has 0 aliphatic rings. The van der Waals surface area contributed by atoms with Crippen LogP contribution in [0.1, 0.15) is 22.0 Å². The van der Waals surface area contributed by atoms with Gasteiger partial charge in [0.25, 0.3) is 5.91 Å². The van der Waals surface area contributed by atoms with E-state index in [9.17, 15) is 4.79 Å². The van der Waals surface area contributed by atoms with E-state index in [-0.39, 0.29) is 12.5 Å². The molecule has 10 heteroatoms. The number of carbonyl (C=O) groups excluding carboxylic acids is 1. The van der Waals surface area contributed by atoms with Crippen LogP contribution in [0.4, 0.5) is 0 Å². The Hall–Kier alpha value is -4.05. The molecule has 0 radical (unpaired) electrons. The second-order valence-electron chi connectivity index (χ2n) is 6.86. The molecule has 0 bridgehead atoms. The van der Waals surface area contributed by atoms with Gasteiger partial charge in [0.05, 0.1) is 23.5 Å². The van der Waals surface area contributed by atoms with Gasteiger partial charge in [-0.1, -0.05) is 36.4 Å². The van der Waals surface area contributed by atoms with E-state index in [1.807, 2.05) is 77.3 Å². The van der Waals surface area contributed by atoms with Crippen molar-refractivity contribution >= 4 is 23.3 Å². The van der Waals surface area contributed by atoms with Crippen LogP contribution in [-0.4, -0.2) is 40.7 Å². The van der Waals surface area contributed by atoms with Crippen LogP contribution in [0.25, 0.3) is 11.3 Å². The van der Waals surface area contributed by atoms with E-state index in [1.54, 1.807) is 10.7 Å². The van der Waals surface area contributed by atoms with Gasteiger partial charge in [-0.2, -0.15) is 4.68 Å². The third-order valence-corrected chi connectivity index (χ3v) is 5.88. The molecule has 1 N–H and O–H groups in total. The first-order valence-corrected chi connectivity index (χ1v) is 10.9. The Morgan fingerprint density at radius 2 is 1.69 bits per heavy atom. The fourth-order valence-corrected chi connectivity index (χ4v) is 4.21. The highest BCUT2D eigenvalue weighted by Crippen LogP contribution is 2.26. The summed E-state index contributed by atoms with van der Waals surface area (Å²) in [6, 6.07) is 22.9. The van der Waals surface area contributed by atoms with E-state index in [2.05, 4.69) is 31.0 Å². The third kappa shape index (κ3) is 4.08. The van der Waals surface area contributed by atoms with Crippen molar-refractivity contribution in [2.75, 3.05) is 0 Å². The fourth-order valence-electron chi connectivity index (χ4n) is 3.25. The summed E-state index contributed by atoms with van der Waals surface area (Å²) in [4.78, 5) is 13.8. The number of pyridine rings is 1. The van der Waals surface area contributed by atoms with Gasteiger partial charge in [-0.15, -0.1) is 27.1 Å². The van der Waals surface area contributed by atoms with Crippen molar-refractivity contribution in [3.8, 4) is 5.69 Å². The van der Waals surface area contributed by atoms with E-state index in [1.165, 1.54) is 11.8 Å². The van der Waals surface area contributed by atoms with Crippen LogP contribution in [-0.2, 0) is 12.3 Å². The van der Waals surface area contributed by atoms with Crippen LogP contribution < -0.4 is 5.32 Å². The van der Waals surface area contributed by atoms with E-state index in [0.717, 1.165) is 16.2 Å². The summed E-state index contributed by atoms with van der Waals surface area (Å²) in [5.74, 6) is 1.71. The molecule has 0 atom stereocenters. The Morgan fingerprint density at radius 1 is 0.875 bits per heavy atom. The van der Waals surface area contributed by atoms with Gasteiger partial charge in [-0.3, -0.25) is 9.20 Å². The first kappa shape index (κ1) is 19.9. The number of thioether (sulfide) groups is 1. The lowest BCUT2D eigenvalue weighted by Gasteiger charge is -2.10. The van der Waals surface area contributed by atoms with Gasteiger partial charge in [0, 0.05) is 11.1 Å². The third-order valence-electron chi connectivity index (χ3n) is 4.81. The van der Waals surface area contributed by atoms with Gasteiger partial charge in [-0.25, -0.2) is 0 Å². The first-order valence-electron chi connectivity index (χ1n) is 9.91. The highest BCUT2D eigenvalue weighted by atomic mass is 32.2. The molecule has 9 nitrogen and oxygen atoms in total. The Labute approximate surface area is 187 Å². The zero-order valence-corrected chi connectivity index (χ0v) is 17.7. The molecule has 5 rings (SSSR count). The number of benzene rings is 2. The molecule has 0 saturated carbocycles. The summed E-state index contributed by atoms with van der Waals surface area (Å²) in [6.07, 6.45) is 1.87. The maximum atomic E-state index is 12.9. The topological polar surface area (TPSA) is 103 Å². The molecule has 0 fully saturated rings. The Kier molecular flexibility index (Phi) is 5.58. The molecule has 0 saturated heterocycles. The van der Waals surface area contributed by atoms with Crippen LogP contribution in [0.3, 0.4) is 0 Å². The van der Waals surface area contributed by atoms with Crippen LogP contribution in [0.2, 0.25) is 0 Å². The van der Waals surface area contributed by atoms with E-state index in [4.69, 9.17) is 0 Å². The number of para-hydroxylation sites is 1. The molecule has 2 aromatic carbocycles. The van der Waals surface area contributed by atoms with Crippen molar-refractivity contribution in [3.63, 3.8) is 0 Å². The molecule has 3 heterocycles. The Balaban J connectivity index is 1.29. The smallest absolute Gasteiger partial charge is 0.252 e. The summed E-state index contributed by atoms with van der Waals surface area (Å²) in [5, 5.41) is 23.3. The van der Waals surface area contributed by atoms with Crippen molar-refractivity contribution in [1.82, 2.24) is 40.1 Å². The predicted octanol–water partition coefficient (Wildman–Crippen LogP) is 2.93. The molecule has 0 spiro atoms. The maximum absolute atomic E-state index is 12.9. The van der Waals surface area contributed by atoms with Crippen molar-refractivity contribution in [2.24, 2.45) is 0 Å². The van der Waals surface area contributed by atoms with Gasteiger partial charge in [-0.05, 0) is 46.8 Å². The molecule has 1 amide bonds. The summed E-state index contributed by atoms with van der Waals surface area (Å²) in [5.41, 5.74) is 2.22. The molecule has 5 aromatic rings. The van der Waals surface area contributed by atoms with E-state index in [0.29, 0.717) is 23.0 Å². The lowest BCUT2D eigenvalue weighted by atomic mass is 10.2. The highest BCUT2D eigenvalue weighted by molar-refractivity contribution is 7.98. The Morgan fingerprint density at radius 3 is 2.59 bits per heavy atom. The van der Waals surface area contributed by atoms with Crippen molar-refractivity contribution < 1.29 is 4.79 Å². The molecule has 32 heavy (non-hydrogen) atoms. The number of rotatable bonds is 7. The van der Waals surface area contributed by atoms with Crippen LogP contribution >= 0.6 is 11.8 Å². The maximum Gasteiger partial charge on any atom is 0.252 e.